The van der Waals surface area contributed by atoms with Gasteiger partial charge in [-0.2, -0.15) is 0 Å². The van der Waals surface area contributed by atoms with Gasteiger partial charge in [0.05, 0.1) is 21.3 Å². The average molecular weight is 273 g/mol. The molecule has 0 aliphatic carbocycles. The van der Waals surface area contributed by atoms with Crippen LogP contribution in [0.25, 0.3) is 0 Å². The predicted molar refractivity (Wildman–Crippen MR) is 80.8 cm³/mol. The minimum atomic E-state index is -1.28. The van der Waals surface area contributed by atoms with Gasteiger partial charge in [0.25, 0.3) is 0 Å². The Hall–Kier alpha value is 0.137. The molecule has 0 aromatic heterocycles. The van der Waals surface area contributed by atoms with Gasteiger partial charge >= 0.3 is 0 Å². The molecule has 0 aromatic rings. The van der Waals surface area contributed by atoms with Gasteiger partial charge in [-0.25, -0.2) is 0 Å². The van der Waals surface area contributed by atoms with Crippen molar-refractivity contribution in [1.29, 1.82) is 0 Å². The SMILES string of the molecule is CCC[Si](CC)(CC)C(C)C1(CC)OCCCO1. The average Bonchev–Trinajstić information content (AvgIpc) is 2.45. The van der Waals surface area contributed by atoms with Crippen molar-refractivity contribution in [3.63, 3.8) is 0 Å². The normalized spacial score (nSPS) is 21.8. The van der Waals surface area contributed by atoms with Crippen LogP contribution in [0.1, 0.15) is 53.9 Å². The van der Waals surface area contributed by atoms with E-state index in [9.17, 15) is 0 Å². The second kappa shape index (κ2) is 7.06. The maximum atomic E-state index is 6.15. The largest absolute Gasteiger partial charge is 0.350 e. The molecule has 1 unspecified atom stereocenters. The van der Waals surface area contributed by atoms with Gasteiger partial charge in [-0.05, 0) is 12.8 Å². The van der Waals surface area contributed by atoms with Crippen molar-refractivity contribution in [3.8, 4) is 0 Å². The first-order chi connectivity index (χ1) is 8.60. The minimum absolute atomic E-state index is 0.272. The first-order valence-electron chi connectivity index (χ1n) is 7.88. The van der Waals surface area contributed by atoms with E-state index in [1.807, 2.05) is 0 Å². The summed E-state index contributed by atoms with van der Waals surface area (Å²) in [6, 6.07) is 4.12. The minimum Gasteiger partial charge on any atom is -0.350 e. The second-order valence-corrected chi connectivity index (χ2v) is 11.3. The zero-order valence-electron chi connectivity index (χ0n) is 13.1. The summed E-state index contributed by atoms with van der Waals surface area (Å²) in [4.78, 5) is 0. The van der Waals surface area contributed by atoms with Crippen molar-refractivity contribution < 1.29 is 9.47 Å². The van der Waals surface area contributed by atoms with Gasteiger partial charge in [-0.3, -0.25) is 0 Å². The number of hydrogen-bond acceptors (Lipinski definition) is 2. The Kier molecular flexibility index (Phi) is 6.35. The fraction of sp³-hybridized carbons (Fsp3) is 1.00. The first-order valence-corrected chi connectivity index (χ1v) is 10.6. The molecule has 1 heterocycles. The van der Waals surface area contributed by atoms with Crippen LogP contribution in [0.4, 0.5) is 0 Å². The predicted octanol–water partition coefficient (Wildman–Crippen LogP) is 4.82. The fourth-order valence-corrected chi connectivity index (χ4v) is 8.91. The zero-order valence-corrected chi connectivity index (χ0v) is 14.1. The van der Waals surface area contributed by atoms with Gasteiger partial charge in [0.1, 0.15) is 0 Å². The molecule has 1 rings (SSSR count). The maximum Gasteiger partial charge on any atom is 0.168 e. The Balaban J connectivity index is 2.94. The van der Waals surface area contributed by atoms with Gasteiger partial charge in [0, 0.05) is 5.54 Å². The molecular weight excluding hydrogens is 240 g/mol. The highest BCUT2D eigenvalue weighted by atomic mass is 28.3. The fourth-order valence-electron chi connectivity index (χ4n) is 3.75. The highest BCUT2D eigenvalue weighted by Gasteiger charge is 2.49. The summed E-state index contributed by atoms with van der Waals surface area (Å²) < 4.78 is 12.3. The van der Waals surface area contributed by atoms with E-state index in [2.05, 4.69) is 34.6 Å². The lowest BCUT2D eigenvalue weighted by atomic mass is 10.1. The van der Waals surface area contributed by atoms with E-state index >= 15 is 0 Å². The van der Waals surface area contributed by atoms with E-state index in [1.54, 1.807) is 0 Å². The molecule has 0 saturated carbocycles. The molecule has 0 amide bonds. The van der Waals surface area contributed by atoms with Crippen LogP contribution >= 0.6 is 0 Å². The van der Waals surface area contributed by atoms with Crippen LogP contribution in [0.3, 0.4) is 0 Å². The molecule has 0 aromatic carbocycles. The van der Waals surface area contributed by atoms with E-state index in [0.717, 1.165) is 26.1 Å². The Morgan fingerprint density at radius 3 is 2.00 bits per heavy atom. The molecule has 1 atom stereocenters. The third-order valence-electron chi connectivity index (χ3n) is 5.21. The molecule has 18 heavy (non-hydrogen) atoms. The Bertz CT molecular complexity index is 218. The van der Waals surface area contributed by atoms with Crippen LogP contribution in [-0.4, -0.2) is 27.1 Å². The quantitative estimate of drug-likeness (QED) is 0.619. The standard InChI is InChI=1S/C15H32O2Si/c1-6-13-18(8-3,9-4)14(5)15(7-2)16-11-10-12-17-15/h14H,6-13H2,1-5H3. The molecule has 1 aliphatic heterocycles. The third-order valence-corrected chi connectivity index (χ3v) is 11.8. The molecule has 2 nitrogen and oxygen atoms in total. The molecule has 1 saturated heterocycles. The highest BCUT2D eigenvalue weighted by molar-refractivity contribution is 6.81. The highest BCUT2D eigenvalue weighted by Crippen LogP contribution is 2.46. The van der Waals surface area contributed by atoms with Gasteiger partial charge in [0.15, 0.2) is 5.79 Å². The summed E-state index contributed by atoms with van der Waals surface area (Å²) in [7, 11) is -1.28. The van der Waals surface area contributed by atoms with Crippen LogP contribution in [0.2, 0.25) is 23.7 Å². The molecule has 0 bridgehead atoms. The van der Waals surface area contributed by atoms with Gasteiger partial charge in [0.2, 0.25) is 0 Å². The molecule has 1 fully saturated rings. The molecular formula is C15H32O2Si. The number of rotatable bonds is 7. The topological polar surface area (TPSA) is 18.5 Å². The number of ether oxygens (including phenoxy) is 2. The van der Waals surface area contributed by atoms with Crippen LogP contribution in [0, 0.1) is 0 Å². The van der Waals surface area contributed by atoms with Crippen molar-refractivity contribution in [2.75, 3.05) is 13.2 Å². The lowest BCUT2D eigenvalue weighted by Gasteiger charge is -2.49. The summed E-state index contributed by atoms with van der Waals surface area (Å²) in [5.74, 6) is -0.272. The van der Waals surface area contributed by atoms with Crippen molar-refractivity contribution in [3.05, 3.63) is 0 Å². The van der Waals surface area contributed by atoms with Crippen molar-refractivity contribution in [2.45, 2.75) is 83.3 Å². The Morgan fingerprint density at radius 1 is 1.06 bits per heavy atom. The molecule has 0 spiro atoms. The second-order valence-electron chi connectivity index (χ2n) is 5.76. The summed E-state index contributed by atoms with van der Waals surface area (Å²) in [5, 5.41) is 0. The van der Waals surface area contributed by atoms with Crippen LogP contribution in [0.5, 0.6) is 0 Å². The van der Waals surface area contributed by atoms with E-state index in [0.29, 0.717) is 5.54 Å². The number of hydrogen-bond donors (Lipinski definition) is 0. The molecule has 1 aliphatic rings. The van der Waals surface area contributed by atoms with Crippen molar-refractivity contribution >= 4 is 8.07 Å². The molecule has 0 radical (unpaired) electrons. The molecule has 3 heteroatoms. The summed E-state index contributed by atoms with van der Waals surface area (Å²) >= 11 is 0. The van der Waals surface area contributed by atoms with E-state index in [1.165, 1.54) is 24.6 Å². The lowest BCUT2D eigenvalue weighted by Crippen LogP contribution is -2.53. The van der Waals surface area contributed by atoms with Crippen molar-refractivity contribution in [1.82, 2.24) is 0 Å². The van der Waals surface area contributed by atoms with E-state index < -0.39 is 8.07 Å². The zero-order chi connectivity index (χ0) is 13.6. The lowest BCUT2D eigenvalue weighted by molar-refractivity contribution is -0.269. The van der Waals surface area contributed by atoms with Gasteiger partial charge in [-0.1, -0.05) is 59.2 Å². The molecule has 0 N–H and O–H groups in total. The molecule has 108 valence electrons. The third kappa shape index (κ3) is 2.99. The Labute approximate surface area is 114 Å². The summed E-state index contributed by atoms with van der Waals surface area (Å²) in [6.07, 6.45) is 3.35. The first kappa shape index (κ1) is 16.2. The maximum absolute atomic E-state index is 6.15. The smallest absolute Gasteiger partial charge is 0.168 e. The van der Waals surface area contributed by atoms with E-state index in [4.69, 9.17) is 9.47 Å². The summed E-state index contributed by atoms with van der Waals surface area (Å²) in [5.41, 5.74) is 0.602. The summed E-state index contributed by atoms with van der Waals surface area (Å²) in [6.45, 7) is 13.5. The van der Waals surface area contributed by atoms with Crippen molar-refractivity contribution in [2.24, 2.45) is 0 Å². The van der Waals surface area contributed by atoms with Crippen LogP contribution in [0.15, 0.2) is 0 Å². The monoisotopic (exact) mass is 272 g/mol. The van der Waals surface area contributed by atoms with Gasteiger partial charge in [-0.15, -0.1) is 0 Å². The van der Waals surface area contributed by atoms with E-state index in [-0.39, 0.29) is 5.79 Å². The van der Waals surface area contributed by atoms with Crippen LogP contribution < -0.4 is 0 Å². The van der Waals surface area contributed by atoms with Crippen LogP contribution in [-0.2, 0) is 9.47 Å². The Morgan fingerprint density at radius 2 is 1.61 bits per heavy atom. The van der Waals surface area contributed by atoms with Gasteiger partial charge < -0.3 is 9.47 Å².